The lowest BCUT2D eigenvalue weighted by Crippen LogP contribution is -1.97. The molecule has 0 nitrogen and oxygen atoms in total. The average molecular weight is 224 g/mol. The zero-order valence-corrected chi connectivity index (χ0v) is 12.2. The highest BCUT2D eigenvalue weighted by molar-refractivity contribution is 4.96. The van der Waals surface area contributed by atoms with Crippen molar-refractivity contribution in [2.24, 2.45) is 11.8 Å². The Kier molecular flexibility index (Phi) is 9.77. The van der Waals surface area contributed by atoms with Crippen molar-refractivity contribution in [3.63, 3.8) is 0 Å². The lowest BCUT2D eigenvalue weighted by molar-refractivity contribution is 0.427. The first-order valence-corrected chi connectivity index (χ1v) is 7.21. The van der Waals surface area contributed by atoms with Crippen LogP contribution in [0.3, 0.4) is 0 Å². The molecule has 0 bridgehead atoms. The topological polar surface area (TPSA) is 0 Å². The van der Waals surface area contributed by atoms with E-state index >= 15 is 0 Å². The molecule has 0 aromatic rings. The Balaban J connectivity index is 3.43. The maximum Gasteiger partial charge on any atom is -0.0323 e. The molecule has 0 amide bonds. The van der Waals surface area contributed by atoms with E-state index in [9.17, 15) is 0 Å². The fourth-order valence-electron chi connectivity index (χ4n) is 2.20. The summed E-state index contributed by atoms with van der Waals surface area (Å²) in [6.07, 6.45) is 11.9. The van der Waals surface area contributed by atoms with Crippen molar-refractivity contribution >= 4 is 0 Å². The normalized spacial score (nSPS) is 14.5. The molecule has 0 heterocycles. The van der Waals surface area contributed by atoms with Crippen molar-refractivity contribution in [1.82, 2.24) is 0 Å². The molecule has 0 rings (SSSR count). The van der Waals surface area contributed by atoms with Gasteiger partial charge in [-0.3, -0.25) is 0 Å². The summed E-state index contributed by atoms with van der Waals surface area (Å²) in [5.41, 5.74) is 1.58. The third kappa shape index (κ3) is 10.3. The van der Waals surface area contributed by atoms with Gasteiger partial charge in [-0.2, -0.15) is 0 Å². The van der Waals surface area contributed by atoms with Crippen molar-refractivity contribution in [1.29, 1.82) is 0 Å². The van der Waals surface area contributed by atoms with Crippen molar-refractivity contribution < 1.29 is 0 Å². The molecule has 0 spiro atoms. The van der Waals surface area contributed by atoms with Crippen molar-refractivity contribution in [2.45, 2.75) is 79.6 Å². The van der Waals surface area contributed by atoms with Gasteiger partial charge in [0.15, 0.2) is 0 Å². The minimum atomic E-state index is 0.877. The average Bonchev–Trinajstić information content (AvgIpc) is 2.17. The molecule has 0 aliphatic heterocycles. The number of rotatable bonds is 9. The molecule has 0 saturated carbocycles. The highest BCUT2D eigenvalue weighted by Crippen LogP contribution is 2.19. The standard InChI is InChI=1S/C16H32/c1-6-9-15(4)12-8-13-16(5)11-7-10-14(2)3/h9,14,16H,6-8,10-13H2,1-5H3. The second kappa shape index (κ2) is 9.93. The van der Waals surface area contributed by atoms with E-state index in [4.69, 9.17) is 0 Å². The van der Waals surface area contributed by atoms with Crippen molar-refractivity contribution in [3.05, 3.63) is 11.6 Å². The van der Waals surface area contributed by atoms with Crippen LogP contribution in [0.4, 0.5) is 0 Å². The minimum absolute atomic E-state index is 0.877. The van der Waals surface area contributed by atoms with Crippen LogP contribution >= 0.6 is 0 Å². The molecular formula is C16H32. The van der Waals surface area contributed by atoms with Gasteiger partial charge in [0.25, 0.3) is 0 Å². The van der Waals surface area contributed by atoms with Crippen LogP contribution in [0, 0.1) is 11.8 Å². The molecule has 96 valence electrons. The Morgan fingerprint density at radius 3 is 2.19 bits per heavy atom. The Morgan fingerprint density at radius 2 is 1.62 bits per heavy atom. The molecule has 0 aromatic carbocycles. The van der Waals surface area contributed by atoms with Gasteiger partial charge in [-0.1, -0.05) is 65.0 Å². The monoisotopic (exact) mass is 224 g/mol. The van der Waals surface area contributed by atoms with Gasteiger partial charge in [-0.05, 0) is 38.0 Å². The first kappa shape index (κ1) is 15.7. The van der Waals surface area contributed by atoms with Crippen molar-refractivity contribution in [3.8, 4) is 0 Å². The highest BCUT2D eigenvalue weighted by Gasteiger charge is 2.03. The summed E-state index contributed by atoms with van der Waals surface area (Å²) in [7, 11) is 0. The predicted octanol–water partition coefficient (Wildman–Crippen LogP) is 5.98. The molecule has 0 aliphatic carbocycles. The molecule has 1 unspecified atom stereocenters. The first-order chi connectivity index (χ1) is 7.56. The molecule has 0 aromatic heterocycles. The lowest BCUT2D eigenvalue weighted by atomic mass is 9.94. The van der Waals surface area contributed by atoms with Gasteiger partial charge in [0.2, 0.25) is 0 Å². The molecule has 0 aliphatic rings. The quantitative estimate of drug-likeness (QED) is 0.423. The van der Waals surface area contributed by atoms with E-state index in [1.54, 1.807) is 5.57 Å². The fourth-order valence-corrected chi connectivity index (χ4v) is 2.20. The molecule has 0 heteroatoms. The van der Waals surface area contributed by atoms with Crippen LogP contribution in [-0.4, -0.2) is 0 Å². The first-order valence-electron chi connectivity index (χ1n) is 7.21. The van der Waals surface area contributed by atoms with E-state index < -0.39 is 0 Å². The summed E-state index contributed by atoms with van der Waals surface area (Å²) >= 11 is 0. The predicted molar refractivity (Wildman–Crippen MR) is 75.8 cm³/mol. The highest BCUT2D eigenvalue weighted by atomic mass is 14.1. The number of hydrogen-bond donors (Lipinski definition) is 0. The zero-order valence-electron chi connectivity index (χ0n) is 12.2. The van der Waals surface area contributed by atoms with Gasteiger partial charge >= 0.3 is 0 Å². The van der Waals surface area contributed by atoms with Gasteiger partial charge in [0.05, 0.1) is 0 Å². The summed E-state index contributed by atoms with van der Waals surface area (Å²) in [4.78, 5) is 0. The van der Waals surface area contributed by atoms with Crippen LogP contribution in [0.25, 0.3) is 0 Å². The largest absolute Gasteiger partial charge is 0.0859 e. The van der Waals surface area contributed by atoms with Crippen LogP contribution in [0.15, 0.2) is 11.6 Å². The third-order valence-corrected chi connectivity index (χ3v) is 3.30. The molecule has 16 heavy (non-hydrogen) atoms. The van der Waals surface area contributed by atoms with E-state index in [1.807, 2.05) is 0 Å². The molecule has 0 fully saturated rings. The molecule has 0 radical (unpaired) electrons. The third-order valence-electron chi connectivity index (χ3n) is 3.30. The van der Waals surface area contributed by atoms with E-state index in [-0.39, 0.29) is 0 Å². The summed E-state index contributed by atoms with van der Waals surface area (Å²) in [5.74, 6) is 1.80. The Morgan fingerprint density at radius 1 is 1.00 bits per heavy atom. The van der Waals surface area contributed by atoms with E-state index in [0.29, 0.717) is 0 Å². The van der Waals surface area contributed by atoms with Gasteiger partial charge in [0, 0.05) is 0 Å². The second-order valence-electron chi connectivity index (χ2n) is 5.78. The van der Waals surface area contributed by atoms with Crippen molar-refractivity contribution in [2.75, 3.05) is 0 Å². The van der Waals surface area contributed by atoms with Gasteiger partial charge in [-0.15, -0.1) is 0 Å². The van der Waals surface area contributed by atoms with E-state index in [2.05, 4.69) is 40.7 Å². The molecule has 0 N–H and O–H groups in total. The SMILES string of the molecule is CCC=C(C)CCCC(C)CCCC(C)C. The van der Waals surface area contributed by atoms with E-state index in [1.165, 1.54) is 44.9 Å². The zero-order chi connectivity index (χ0) is 12.4. The van der Waals surface area contributed by atoms with E-state index in [0.717, 1.165) is 11.8 Å². The van der Waals surface area contributed by atoms with Crippen LogP contribution < -0.4 is 0 Å². The maximum absolute atomic E-state index is 2.42. The summed E-state index contributed by atoms with van der Waals surface area (Å²) < 4.78 is 0. The second-order valence-corrected chi connectivity index (χ2v) is 5.78. The number of hydrogen-bond acceptors (Lipinski definition) is 0. The minimum Gasteiger partial charge on any atom is -0.0859 e. The van der Waals surface area contributed by atoms with Gasteiger partial charge in [0.1, 0.15) is 0 Å². The maximum atomic E-state index is 2.42. The van der Waals surface area contributed by atoms with Crippen LogP contribution in [-0.2, 0) is 0 Å². The molecule has 0 saturated heterocycles. The van der Waals surface area contributed by atoms with Crippen LogP contribution in [0.5, 0.6) is 0 Å². The van der Waals surface area contributed by atoms with Crippen LogP contribution in [0.2, 0.25) is 0 Å². The summed E-state index contributed by atoms with van der Waals surface area (Å²) in [6, 6.07) is 0. The Labute approximate surface area is 104 Å². The Hall–Kier alpha value is -0.260. The summed E-state index contributed by atoms with van der Waals surface area (Å²) in [5, 5.41) is 0. The van der Waals surface area contributed by atoms with Gasteiger partial charge < -0.3 is 0 Å². The molecule has 1 atom stereocenters. The summed E-state index contributed by atoms with van der Waals surface area (Å²) in [6.45, 7) is 11.6. The molecular weight excluding hydrogens is 192 g/mol. The number of allylic oxidation sites excluding steroid dienone is 2. The Bertz CT molecular complexity index is 176. The fraction of sp³-hybridized carbons (Fsp3) is 0.875. The van der Waals surface area contributed by atoms with Gasteiger partial charge in [-0.25, -0.2) is 0 Å². The smallest absolute Gasteiger partial charge is 0.0323 e. The van der Waals surface area contributed by atoms with Crippen LogP contribution in [0.1, 0.15) is 79.6 Å². The lowest BCUT2D eigenvalue weighted by Gasteiger charge is -2.12.